The zero-order chi connectivity index (χ0) is 22.0. The summed E-state index contributed by atoms with van der Waals surface area (Å²) in [4.78, 5) is 33.0. The van der Waals surface area contributed by atoms with Crippen LogP contribution in [0.4, 0.5) is 5.69 Å². The third kappa shape index (κ3) is 4.41. The Morgan fingerprint density at radius 2 is 1.84 bits per heavy atom. The minimum atomic E-state index is -0.605. The van der Waals surface area contributed by atoms with Gasteiger partial charge in [0.2, 0.25) is 5.91 Å². The maximum Gasteiger partial charge on any atom is 0.275 e. The monoisotopic (exact) mass is 417 g/mol. The van der Waals surface area contributed by atoms with E-state index in [1.165, 1.54) is 5.56 Å². The summed E-state index contributed by atoms with van der Waals surface area (Å²) < 4.78 is 0. The molecule has 4 rings (SSSR count). The molecule has 1 N–H and O–H groups in total. The van der Waals surface area contributed by atoms with Crippen LogP contribution in [0.5, 0.6) is 0 Å². The number of amides is 2. The number of rotatable bonds is 5. The number of carbonyl (C=O) groups excluding carboxylic acids is 2. The van der Waals surface area contributed by atoms with Crippen molar-refractivity contribution in [3.63, 3.8) is 0 Å². The highest BCUT2D eigenvalue weighted by Gasteiger charge is 2.49. The molecule has 0 unspecified atom stereocenters. The Labute approximate surface area is 184 Å². The molecule has 1 aliphatic carbocycles. The highest BCUT2D eigenvalue weighted by Crippen LogP contribution is 2.41. The first-order chi connectivity index (χ1) is 14.9. The van der Waals surface area contributed by atoms with E-state index in [1.54, 1.807) is 4.90 Å². The van der Waals surface area contributed by atoms with Crippen LogP contribution in [-0.4, -0.2) is 34.6 Å². The molecular weight excluding hydrogens is 386 g/mol. The number of benzene rings is 2. The molecule has 162 valence electrons. The minimum absolute atomic E-state index is 0.0129. The highest BCUT2D eigenvalue weighted by atomic mass is 16.2. The highest BCUT2D eigenvalue weighted by molar-refractivity contribution is 6.47. The number of hydrogen-bond acceptors (Lipinski definition) is 3. The molecular formula is C26H31N3O2. The Morgan fingerprint density at radius 3 is 2.52 bits per heavy atom. The van der Waals surface area contributed by atoms with Gasteiger partial charge in [-0.2, -0.15) is 0 Å². The van der Waals surface area contributed by atoms with Crippen LogP contribution in [0.1, 0.15) is 63.5 Å². The zero-order valence-corrected chi connectivity index (χ0v) is 18.6. The summed E-state index contributed by atoms with van der Waals surface area (Å²) in [6.45, 7) is 6.50. The maximum absolute atomic E-state index is 13.4. The average molecular weight is 418 g/mol. The Balaban J connectivity index is 1.56. The third-order valence-electron chi connectivity index (χ3n) is 6.53. The van der Waals surface area contributed by atoms with Crippen molar-refractivity contribution in [2.75, 3.05) is 11.9 Å². The molecule has 5 heteroatoms. The van der Waals surface area contributed by atoms with Crippen LogP contribution < -0.4 is 5.32 Å². The normalized spacial score (nSPS) is 23.4. The number of hydrogen-bond donors (Lipinski definition) is 1. The van der Waals surface area contributed by atoms with Gasteiger partial charge >= 0.3 is 0 Å². The quantitative estimate of drug-likeness (QED) is 0.745. The molecule has 1 spiro atoms. The van der Waals surface area contributed by atoms with Crippen LogP contribution in [0.25, 0.3) is 0 Å². The standard InChI is InChI=1S/C26H31N3O2/c1-18(2)21-10-7-11-22(16-21)27-23(30)17-29-25(31)24(20-8-5-4-6-9-20)28-26(29)14-12-19(3)13-15-26/h4-11,16,18-19H,12-15,17H2,1-3H3,(H,27,30). The fourth-order valence-electron chi connectivity index (χ4n) is 4.56. The molecule has 1 aliphatic heterocycles. The van der Waals surface area contributed by atoms with Crippen molar-refractivity contribution >= 4 is 23.2 Å². The van der Waals surface area contributed by atoms with E-state index in [0.717, 1.165) is 36.9 Å². The van der Waals surface area contributed by atoms with Crippen LogP contribution in [0.2, 0.25) is 0 Å². The maximum atomic E-state index is 13.4. The molecule has 1 saturated carbocycles. The van der Waals surface area contributed by atoms with Crippen molar-refractivity contribution in [1.29, 1.82) is 0 Å². The molecule has 31 heavy (non-hydrogen) atoms. The summed E-state index contributed by atoms with van der Waals surface area (Å²) in [6.07, 6.45) is 3.61. The lowest BCUT2D eigenvalue weighted by Gasteiger charge is -2.40. The van der Waals surface area contributed by atoms with E-state index in [-0.39, 0.29) is 18.4 Å². The molecule has 2 aliphatic rings. The fourth-order valence-corrected chi connectivity index (χ4v) is 4.56. The predicted octanol–water partition coefficient (Wildman–Crippen LogP) is 4.99. The second kappa shape index (κ2) is 8.66. The summed E-state index contributed by atoms with van der Waals surface area (Å²) in [5, 5.41) is 2.99. The molecule has 2 amide bonds. The molecule has 0 atom stereocenters. The molecule has 2 aromatic carbocycles. The first kappa shape index (κ1) is 21.3. The summed E-state index contributed by atoms with van der Waals surface area (Å²) in [5.41, 5.74) is 2.62. The molecule has 0 saturated heterocycles. The van der Waals surface area contributed by atoms with E-state index in [2.05, 4.69) is 32.2 Å². The summed E-state index contributed by atoms with van der Waals surface area (Å²) >= 11 is 0. The lowest BCUT2D eigenvalue weighted by molar-refractivity contribution is -0.134. The molecule has 1 fully saturated rings. The lowest BCUT2D eigenvalue weighted by atomic mass is 9.82. The van der Waals surface area contributed by atoms with Gasteiger partial charge < -0.3 is 10.2 Å². The first-order valence-corrected chi connectivity index (χ1v) is 11.2. The van der Waals surface area contributed by atoms with E-state index < -0.39 is 5.66 Å². The Bertz CT molecular complexity index is 989. The van der Waals surface area contributed by atoms with Crippen LogP contribution in [0, 0.1) is 5.92 Å². The molecule has 1 heterocycles. The van der Waals surface area contributed by atoms with E-state index in [9.17, 15) is 9.59 Å². The van der Waals surface area contributed by atoms with Crippen molar-refractivity contribution in [1.82, 2.24) is 4.90 Å². The zero-order valence-electron chi connectivity index (χ0n) is 18.6. The van der Waals surface area contributed by atoms with Crippen LogP contribution >= 0.6 is 0 Å². The van der Waals surface area contributed by atoms with Gasteiger partial charge in [-0.05, 0) is 55.2 Å². The van der Waals surface area contributed by atoms with E-state index in [0.29, 0.717) is 17.5 Å². The van der Waals surface area contributed by atoms with Crippen molar-refractivity contribution < 1.29 is 9.59 Å². The number of anilines is 1. The molecule has 2 aromatic rings. The smallest absolute Gasteiger partial charge is 0.275 e. The second-order valence-electron chi connectivity index (χ2n) is 9.21. The van der Waals surface area contributed by atoms with Crippen LogP contribution in [0.15, 0.2) is 59.6 Å². The third-order valence-corrected chi connectivity index (χ3v) is 6.53. The van der Waals surface area contributed by atoms with Gasteiger partial charge in [0.1, 0.15) is 17.9 Å². The first-order valence-electron chi connectivity index (χ1n) is 11.2. The fraction of sp³-hybridized carbons (Fsp3) is 0.423. The van der Waals surface area contributed by atoms with Gasteiger partial charge in [0, 0.05) is 11.3 Å². The Hall–Kier alpha value is -2.95. The molecule has 5 nitrogen and oxygen atoms in total. The molecule has 0 radical (unpaired) electrons. The summed E-state index contributed by atoms with van der Waals surface area (Å²) in [5.74, 6) is 0.668. The largest absolute Gasteiger partial charge is 0.325 e. The van der Waals surface area contributed by atoms with Crippen molar-refractivity contribution in [3.05, 3.63) is 65.7 Å². The van der Waals surface area contributed by atoms with Gasteiger partial charge in [-0.3, -0.25) is 14.6 Å². The molecule has 0 bridgehead atoms. The minimum Gasteiger partial charge on any atom is -0.325 e. The van der Waals surface area contributed by atoms with E-state index in [4.69, 9.17) is 4.99 Å². The van der Waals surface area contributed by atoms with E-state index in [1.807, 2.05) is 48.5 Å². The lowest BCUT2D eigenvalue weighted by Crippen LogP contribution is -2.51. The van der Waals surface area contributed by atoms with Crippen LogP contribution in [0.3, 0.4) is 0 Å². The van der Waals surface area contributed by atoms with Gasteiger partial charge in [0.05, 0.1) is 0 Å². The average Bonchev–Trinajstić information content (AvgIpc) is 3.03. The second-order valence-corrected chi connectivity index (χ2v) is 9.21. The number of nitrogens with zero attached hydrogens (tertiary/aromatic N) is 2. The van der Waals surface area contributed by atoms with Crippen LogP contribution in [-0.2, 0) is 9.59 Å². The Kier molecular flexibility index (Phi) is 5.94. The van der Waals surface area contributed by atoms with Crippen molar-refractivity contribution in [2.45, 2.75) is 58.0 Å². The van der Waals surface area contributed by atoms with Gasteiger partial charge in [-0.15, -0.1) is 0 Å². The molecule has 0 aromatic heterocycles. The van der Waals surface area contributed by atoms with Gasteiger partial charge in [0.15, 0.2) is 0 Å². The Morgan fingerprint density at radius 1 is 1.13 bits per heavy atom. The van der Waals surface area contributed by atoms with Crippen molar-refractivity contribution in [3.8, 4) is 0 Å². The SMILES string of the molecule is CC1CCC2(CC1)N=C(c1ccccc1)C(=O)N2CC(=O)Nc1cccc(C(C)C)c1. The van der Waals surface area contributed by atoms with Crippen molar-refractivity contribution in [2.24, 2.45) is 10.9 Å². The summed E-state index contributed by atoms with van der Waals surface area (Å²) in [7, 11) is 0. The van der Waals surface area contributed by atoms with Gasteiger partial charge in [-0.25, -0.2) is 0 Å². The number of aliphatic imine (C=N–C) groups is 1. The predicted molar refractivity (Wildman–Crippen MR) is 124 cm³/mol. The number of carbonyl (C=O) groups is 2. The summed E-state index contributed by atoms with van der Waals surface area (Å²) in [6, 6.07) is 17.5. The number of nitrogens with one attached hydrogen (secondary N) is 1. The topological polar surface area (TPSA) is 61.8 Å². The van der Waals surface area contributed by atoms with Gasteiger partial charge in [-0.1, -0.05) is 63.2 Å². The van der Waals surface area contributed by atoms with Gasteiger partial charge in [0.25, 0.3) is 5.91 Å². The van der Waals surface area contributed by atoms with E-state index >= 15 is 0 Å².